The van der Waals surface area contributed by atoms with E-state index in [2.05, 4.69) is 10.6 Å². The van der Waals surface area contributed by atoms with Gasteiger partial charge in [-0.05, 0) is 35.1 Å². The summed E-state index contributed by atoms with van der Waals surface area (Å²) < 4.78 is 10.8. The van der Waals surface area contributed by atoms with E-state index in [1.807, 2.05) is 121 Å². The minimum atomic E-state index is -1.46. The minimum Gasteiger partial charge on any atom is -0.445 e. The fourth-order valence-corrected chi connectivity index (χ4v) is 4.56. The van der Waals surface area contributed by atoms with Crippen molar-refractivity contribution in [3.05, 3.63) is 144 Å². The highest BCUT2D eigenvalue weighted by molar-refractivity contribution is 5.68. The van der Waals surface area contributed by atoms with Crippen LogP contribution in [0.2, 0.25) is 0 Å². The molecule has 4 N–H and O–H groups in total. The molecule has 4 aromatic rings. The number of carbonyl (C=O) groups excluding carboxylic acids is 2. The molecule has 0 spiro atoms. The Kier molecular flexibility index (Phi) is 11.5. The van der Waals surface area contributed by atoms with Gasteiger partial charge in [0.15, 0.2) is 0 Å². The van der Waals surface area contributed by atoms with Crippen LogP contribution in [0.3, 0.4) is 0 Å². The number of aliphatic hydroxyl groups excluding tert-OH is 2. The summed E-state index contributed by atoms with van der Waals surface area (Å²) in [6.07, 6.45) is -3.96. The van der Waals surface area contributed by atoms with E-state index in [1.165, 1.54) is 0 Å². The van der Waals surface area contributed by atoms with Crippen LogP contribution in [0.5, 0.6) is 0 Å². The molecule has 4 rings (SSSR count). The van der Waals surface area contributed by atoms with Crippen molar-refractivity contribution in [2.24, 2.45) is 0 Å². The third-order valence-corrected chi connectivity index (χ3v) is 6.80. The summed E-state index contributed by atoms with van der Waals surface area (Å²) in [7, 11) is 0. The van der Waals surface area contributed by atoms with Crippen LogP contribution in [-0.4, -0.2) is 46.7 Å². The van der Waals surface area contributed by atoms with Crippen molar-refractivity contribution in [3.63, 3.8) is 0 Å². The number of alkyl carbamates (subject to hydrolysis) is 2. The number of rotatable bonds is 13. The van der Waals surface area contributed by atoms with Gasteiger partial charge < -0.3 is 30.3 Å². The monoisotopic (exact) mass is 568 g/mol. The molecular formula is C34H36N2O6. The van der Waals surface area contributed by atoms with E-state index >= 15 is 0 Å². The molecule has 218 valence electrons. The summed E-state index contributed by atoms with van der Waals surface area (Å²) in [4.78, 5) is 25.6. The number of amides is 2. The predicted octanol–water partition coefficient (Wildman–Crippen LogP) is 4.78. The topological polar surface area (TPSA) is 117 Å². The summed E-state index contributed by atoms with van der Waals surface area (Å²) in [6, 6.07) is 35.2. The first-order valence-electron chi connectivity index (χ1n) is 13.9. The number of nitrogens with one attached hydrogen (secondary N) is 2. The predicted molar refractivity (Wildman–Crippen MR) is 159 cm³/mol. The molecular weight excluding hydrogens is 532 g/mol. The molecule has 0 unspecified atom stereocenters. The molecule has 0 bridgehead atoms. The number of ether oxygens (including phenoxy) is 2. The summed E-state index contributed by atoms with van der Waals surface area (Å²) in [5.41, 5.74) is 3.31. The molecule has 2 amide bonds. The van der Waals surface area contributed by atoms with Gasteiger partial charge in [0.05, 0.1) is 12.1 Å². The third kappa shape index (κ3) is 9.76. The van der Waals surface area contributed by atoms with Gasteiger partial charge in [0.1, 0.15) is 25.4 Å². The van der Waals surface area contributed by atoms with Crippen molar-refractivity contribution in [1.29, 1.82) is 0 Å². The van der Waals surface area contributed by atoms with Crippen LogP contribution in [0.4, 0.5) is 9.59 Å². The van der Waals surface area contributed by atoms with Crippen molar-refractivity contribution in [1.82, 2.24) is 10.6 Å². The van der Waals surface area contributed by atoms with Crippen LogP contribution in [0, 0.1) is 0 Å². The normalized spacial score (nSPS) is 13.7. The second kappa shape index (κ2) is 16.0. The third-order valence-electron chi connectivity index (χ3n) is 6.80. The quantitative estimate of drug-likeness (QED) is 0.184. The van der Waals surface area contributed by atoms with Gasteiger partial charge in [0, 0.05) is 0 Å². The summed E-state index contributed by atoms with van der Waals surface area (Å²) in [6.45, 7) is 0.101. The van der Waals surface area contributed by atoms with E-state index in [-0.39, 0.29) is 26.1 Å². The maximum Gasteiger partial charge on any atom is 0.407 e. The molecule has 0 saturated carbocycles. The lowest BCUT2D eigenvalue weighted by atomic mass is 9.91. The zero-order valence-corrected chi connectivity index (χ0v) is 23.2. The molecule has 42 heavy (non-hydrogen) atoms. The Labute approximate surface area is 245 Å². The van der Waals surface area contributed by atoms with Gasteiger partial charge in [-0.2, -0.15) is 0 Å². The van der Waals surface area contributed by atoms with Crippen molar-refractivity contribution in [2.75, 3.05) is 0 Å². The molecule has 8 heteroatoms. The summed E-state index contributed by atoms with van der Waals surface area (Å²) in [5, 5.41) is 28.3. The average molecular weight is 569 g/mol. The van der Waals surface area contributed by atoms with Gasteiger partial charge in [-0.15, -0.1) is 0 Å². The molecule has 0 aliphatic heterocycles. The molecule has 0 radical (unpaired) electrons. The first-order chi connectivity index (χ1) is 20.5. The Morgan fingerprint density at radius 3 is 1.10 bits per heavy atom. The maximum absolute atomic E-state index is 12.8. The van der Waals surface area contributed by atoms with Crippen LogP contribution in [0.25, 0.3) is 0 Å². The molecule has 0 fully saturated rings. The number of hydrogen-bond acceptors (Lipinski definition) is 6. The Morgan fingerprint density at radius 2 is 0.786 bits per heavy atom. The van der Waals surface area contributed by atoms with Crippen molar-refractivity contribution in [2.45, 2.75) is 50.3 Å². The van der Waals surface area contributed by atoms with Crippen LogP contribution in [0.15, 0.2) is 121 Å². The fraction of sp³-hybridized carbons (Fsp3) is 0.235. The molecule has 8 nitrogen and oxygen atoms in total. The van der Waals surface area contributed by atoms with E-state index in [9.17, 15) is 19.8 Å². The highest BCUT2D eigenvalue weighted by Crippen LogP contribution is 2.16. The summed E-state index contributed by atoms with van der Waals surface area (Å²) >= 11 is 0. The maximum atomic E-state index is 12.8. The Balaban J connectivity index is 1.48. The standard InChI is InChI=1S/C34H36N2O6/c37-31(29(21-25-13-5-1-6-14-25)35-33(39)41-23-27-17-9-3-10-18-27)32(38)30(22-26-15-7-2-8-16-26)36-34(40)42-24-28-19-11-4-12-20-28/h1-20,29-32,37-38H,21-24H2,(H,35,39)(H,36,40)/t29-,30-,31-,32-/m1/s1. The first-order valence-corrected chi connectivity index (χ1v) is 13.9. The molecule has 0 aliphatic rings. The van der Waals surface area contributed by atoms with Gasteiger partial charge >= 0.3 is 12.2 Å². The second-order valence-electron chi connectivity index (χ2n) is 9.99. The second-order valence-corrected chi connectivity index (χ2v) is 9.99. The highest BCUT2D eigenvalue weighted by atomic mass is 16.6. The van der Waals surface area contributed by atoms with Crippen molar-refractivity contribution in [3.8, 4) is 0 Å². The molecule has 4 aromatic carbocycles. The Hall–Kier alpha value is -4.66. The number of carbonyl (C=O) groups is 2. The molecule has 0 aromatic heterocycles. The number of hydrogen-bond donors (Lipinski definition) is 4. The van der Waals surface area contributed by atoms with E-state index in [1.54, 1.807) is 0 Å². The molecule has 0 aliphatic carbocycles. The lowest BCUT2D eigenvalue weighted by Crippen LogP contribution is -2.57. The smallest absolute Gasteiger partial charge is 0.407 e. The van der Waals surface area contributed by atoms with Crippen LogP contribution in [0.1, 0.15) is 22.3 Å². The van der Waals surface area contributed by atoms with E-state index in [0.717, 1.165) is 22.3 Å². The van der Waals surface area contributed by atoms with Gasteiger partial charge in [-0.1, -0.05) is 121 Å². The number of aliphatic hydroxyl groups is 2. The fourth-order valence-electron chi connectivity index (χ4n) is 4.56. The van der Waals surface area contributed by atoms with Crippen LogP contribution < -0.4 is 10.6 Å². The van der Waals surface area contributed by atoms with Gasteiger partial charge in [0.2, 0.25) is 0 Å². The largest absolute Gasteiger partial charge is 0.445 e. The van der Waals surface area contributed by atoms with E-state index in [4.69, 9.17) is 9.47 Å². The van der Waals surface area contributed by atoms with Gasteiger partial charge in [-0.25, -0.2) is 9.59 Å². The van der Waals surface area contributed by atoms with Crippen molar-refractivity contribution >= 4 is 12.2 Å². The van der Waals surface area contributed by atoms with Crippen LogP contribution >= 0.6 is 0 Å². The zero-order valence-electron chi connectivity index (χ0n) is 23.2. The number of benzene rings is 4. The SMILES string of the molecule is O=C(N[C@H](Cc1ccccc1)[C@@H](O)[C@H](O)[C@@H](Cc1ccccc1)NC(=O)OCc1ccccc1)OCc1ccccc1. The van der Waals surface area contributed by atoms with Gasteiger partial charge in [-0.3, -0.25) is 0 Å². The van der Waals surface area contributed by atoms with Gasteiger partial charge in [0.25, 0.3) is 0 Å². The molecule has 4 atom stereocenters. The first kappa shape index (κ1) is 30.3. The molecule has 0 heterocycles. The Morgan fingerprint density at radius 1 is 0.500 bits per heavy atom. The average Bonchev–Trinajstić information content (AvgIpc) is 3.03. The Bertz CT molecular complexity index is 1250. The zero-order chi connectivity index (χ0) is 29.6. The van der Waals surface area contributed by atoms with E-state index < -0.39 is 36.5 Å². The highest BCUT2D eigenvalue weighted by Gasteiger charge is 2.35. The minimum absolute atomic E-state index is 0.0504. The lowest BCUT2D eigenvalue weighted by molar-refractivity contribution is -0.0240. The summed E-state index contributed by atoms with van der Waals surface area (Å²) in [5.74, 6) is 0. The van der Waals surface area contributed by atoms with Crippen LogP contribution in [-0.2, 0) is 35.5 Å². The van der Waals surface area contributed by atoms with E-state index in [0.29, 0.717) is 0 Å². The lowest BCUT2D eigenvalue weighted by Gasteiger charge is -2.32. The van der Waals surface area contributed by atoms with Crippen molar-refractivity contribution < 1.29 is 29.3 Å². The molecule has 0 saturated heterocycles.